The van der Waals surface area contributed by atoms with Gasteiger partial charge in [-0.05, 0) is 18.2 Å². The van der Waals surface area contributed by atoms with Gasteiger partial charge in [0.1, 0.15) is 23.8 Å². The smallest absolute Gasteiger partial charge is 0.142 e. The minimum absolute atomic E-state index is 0.0482. The van der Waals surface area contributed by atoms with Crippen molar-refractivity contribution in [2.45, 2.75) is 6.04 Å². The first-order chi connectivity index (χ1) is 9.81. The third kappa shape index (κ3) is 1.72. The van der Waals surface area contributed by atoms with E-state index in [0.717, 1.165) is 16.5 Å². The second-order valence-corrected chi connectivity index (χ2v) is 4.84. The zero-order chi connectivity index (χ0) is 13.5. The molecule has 3 nitrogen and oxygen atoms in total. The number of fused-ring (bicyclic) bond motifs is 2. The lowest BCUT2D eigenvalue weighted by Gasteiger charge is -2.27. The molecule has 1 N–H and O–H groups in total. The number of hydrogen-bond acceptors (Lipinski definition) is 3. The first-order valence-corrected chi connectivity index (χ1v) is 6.46. The first kappa shape index (κ1) is 11.3. The van der Waals surface area contributed by atoms with E-state index in [2.05, 4.69) is 5.32 Å². The molecule has 2 heterocycles. The Morgan fingerprint density at radius 3 is 3.00 bits per heavy atom. The molecule has 4 rings (SSSR count). The molecule has 0 spiro atoms. The molecule has 2 aromatic carbocycles. The number of nitrogens with one attached hydrogen (secondary N) is 1. The van der Waals surface area contributed by atoms with Crippen LogP contribution in [0.25, 0.3) is 11.0 Å². The molecule has 1 atom stereocenters. The third-order valence-electron chi connectivity index (χ3n) is 3.56. The molecule has 0 radical (unpaired) electrons. The highest BCUT2D eigenvalue weighted by molar-refractivity contribution is 5.82. The average Bonchev–Trinajstić information content (AvgIpc) is 2.90. The van der Waals surface area contributed by atoms with Crippen LogP contribution in [0.4, 0.5) is 10.1 Å². The van der Waals surface area contributed by atoms with Gasteiger partial charge in [0, 0.05) is 17.0 Å². The Kier molecular flexibility index (Phi) is 2.42. The van der Waals surface area contributed by atoms with Crippen LogP contribution in [0.1, 0.15) is 11.6 Å². The highest BCUT2D eigenvalue weighted by Crippen LogP contribution is 2.36. The maximum absolute atomic E-state index is 13.3. The van der Waals surface area contributed by atoms with Crippen LogP contribution >= 0.6 is 0 Å². The second-order valence-electron chi connectivity index (χ2n) is 4.84. The van der Waals surface area contributed by atoms with E-state index in [9.17, 15) is 4.39 Å². The number of furan rings is 1. The molecule has 4 heteroatoms. The van der Waals surface area contributed by atoms with Gasteiger partial charge in [-0.3, -0.25) is 0 Å². The molecular formula is C16H12FNO2. The summed E-state index contributed by atoms with van der Waals surface area (Å²) in [5.41, 5.74) is 2.54. The fourth-order valence-electron chi connectivity index (χ4n) is 2.58. The van der Waals surface area contributed by atoms with E-state index in [-0.39, 0.29) is 11.9 Å². The Bertz CT molecular complexity index is 781. The fourth-order valence-corrected chi connectivity index (χ4v) is 2.58. The van der Waals surface area contributed by atoms with Gasteiger partial charge in [0.05, 0.1) is 18.0 Å². The van der Waals surface area contributed by atoms with Crippen LogP contribution in [0.2, 0.25) is 0 Å². The zero-order valence-electron chi connectivity index (χ0n) is 10.6. The third-order valence-corrected chi connectivity index (χ3v) is 3.56. The molecule has 1 unspecified atom stereocenters. The lowest BCUT2D eigenvalue weighted by molar-refractivity contribution is 0.286. The summed E-state index contributed by atoms with van der Waals surface area (Å²) in [6.45, 7) is 0.488. The maximum Gasteiger partial charge on any atom is 0.142 e. The van der Waals surface area contributed by atoms with Gasteiger partial charge in [0.25, 0.3) is 0 Å². The van der Waals surface area contributed by atoms with Crippen LogP contribution in [-0.2, 0) is 0 Å². The van der Waals surface area contributed by atoms with Crippen LogP contribution in [0.5, 0.6) is 5.75 Å². The first-order valence-electron chi connectivity index (χ1n) is 6.46. The summed E-state index contributed by atoms with van der Waals surface area (Å²) in [5, 5.41) is 4.36. The highest BCUT2D eigenvalue weighted by atomic mass is 19.1. The van der Waals surface area contributed by atoms with E-state index in [1.165, 1.54) is 12.1 Å². The zero-order valence-corrected chi connectivity index (χ0v) is 10.6. The summed E-state index contributed by atoms with van der Waals surface area (Å²) in [5.74, 6) is 0.396. The maximum atomic E-state index is 13.3. The average molecular weight is 269 g/mol. The van der Waals surface area contributed by atoms with Crippen molar-refractivity contribution in [3.8, 4) is 5.75 Å². The molecule has 0 saturated carbocycles. The quantitative estimate of drug-likeness (QED) is 0.721. The number of halogens is 1. The van der Waals surface area contributed by atoms with E-state index < -0.39 is 0 Å². The van der Waals surface area contributed by atoms with Crippen LogP contribution in [-0.4, -0.2) is 6.61 Å². The summed E-state index contributed by atoms with van der Waals surface area (Å²) in [6.07, 6.45) is 1.73. The minimum Gasteiger partial charge on any atom is -0.489 e. The largest absolute Gasteiger partial charge is 0.489 e. The van der Waals surface area contributed by atoms with Gasteiger partial charge in [0.15, 0.2) is 0 Å². The fraction of sp³-hybridized carbons (Fsp3) is 0.125. The molecule has 3 aromatic rings. The van der Waals surface area contributed by atoms with E-state index in [4.69, 9.17) is 9.15 Å². The summed E-state index contributed by atoms with van der Waals surface area (Å²) in [4.78, 5) is 0. The van der Waals surface area contributed by atoms with Gasteiger partial charge < -0.3 is 14.5 Å². The molecule has 0 bridgehead atoms. The summed E-state index contributed by atoms with van der Waals surface area (Å²) in [6, 6.07) is 12.3. The van der Waals surface area contributed by atoms with E-state index in [1.807, 2.05) is 24.3 Å². The lowest BCUT2D eigenvalue weighted by Crippen LogP contribution is -2.23. The Labute approximate surface area is 115 Å². The van der Waals surface area contributed by atoms with Gasteiger partial charge in [-0.2, -0.15) is 0 Å². The number of hydrogen-bond donors (Lipinski definition) is 1. The molecule has 20 heavy (non-hydrogen) atoms. The van der Waals surface area contributed by atoms with Crippen LogP contribution in [0.15, 0.2) is 53.1 Å². The van der Waals surface area contributed by atoms with Crippen molar-refractivity contribution in [3.63, 3.8) is 0 Å². The Balaban J connectivity index is 1.74. The summed E-state index contributed by atoms with van der Waals surface area (Å²) >= 11 is 0. The predicted octanol–water partition coefficient (Wildman–Crippen LogP) is 4.12. The summed E-state index contributed by atoms with van der Waals surface area (Å²) in [7, 11) is 0. The van der Waals surface area contributed by atoms with Gasteiger partial charge in [-0.25, -0.2) is 4.39 Å². The summed E-state index contributed by atoms with van der Waals surface area (Å²) < 4.78 is 24.5. The number of para-hydroxylation sites is 1. The SMILES string of the molecule is Fc1ccc2c(c1)NC(c1coc3ccccc13)CO2. The van der Waals surface area contributed by atoms with Crippen molar-refractivity contribution >= 4 is 16.7 Å². The monoisotopic (exact) mass is 269 g/mol. The van der Waals surface area contributed by atoms with Crippen LogP contribution < -0.4 is 10.1 Å². The van der Waals surface area contributed by atoms with E-state index in [1.54, 1.807) is 12.3 Å². The van der Waals surface area contributed by atoms with Crippen molar-refractivity contribution in [1.82, 2.24) is 0 Å². The predicted molar refractivity (Wildman–Crippen MR) is 74.5 cm³/mol. The minimum atomic E-state index is -0.280. The highest BCUT2D eigenvalue weighted by Gasteiger charge is 2.23. The standard InChI is InChI=1S/C16H12FNO2/c17-10-5-6-16-13(7-10)18-14(9-20-16)12-8-19-15-4-2-1-3-11(12)15/h1-8,14,18H,9H2. The Hall–Kier alpha value is -2.49. The van der Waals surface area contributed by atoms with E-state index >= 15 is 0 Å². The molecule has 0 saturated heterocycles. The van der Waals surface area contributed by atoms with Gasteiger partial charge in [-0.15, -0.1) is 0 Å². The molecule has 100 valence electrons. The molecule has 1 aliphatic heterocycles. The van der Waals surface area contributed by atoms with Crippen LogP contribution in [0.3, 0.4) is 0 Å². The van der Waals surface area contributed by atoms with Crippen LogP contribution in [0, 0.1) is 5.82 Å². The number of anilines is 1. The molecule has 0 amide bonds. The molecule has 1 aliphatic rings. The van der Waals surface area contributed by atoms with Crippen molar-refractivity contribution in [2.24, 2.45) is 0 Å². The Morgan fingerprint density at radius 1 is 1.15 bits per heavy atom. The van der Waals surface area contributed by atoms with Gasteiger partial charge >= 0.3 is 0 Å². The Morgan fingerprint density at radius 2 is 2.05 bits per heavy atom. The van der Waals surface area contributed by atoms with Crippen molar-refractivity contribution in [2.75, 3.05) is 11.9 Å². The topological polar surface area (TPSA) is 34.4 Å². The normalized spacial score (nSPS) is 17.4. The van der Waals surface area contributed by atoms with Crippen molar-refractivity contribution in [1.29, 1.82) is 0 Å². The number of ether oxygens (including phenoxy) is 1. The van der Waals surface area contributed by atoms with E-state index in [0.29, 0.717) is 18.0 Å². The van der Waals surface area contributed by atoms with Gasteiger partial charge in [0.2, 0.25) is 0 Å². The number of benzene rings is 2. The lowest BCUT2D eigenvalue weighted by atomic mass is 10.0. The van der Waals surface area contributed by atoms with Crippen molar-refractivity contribution in [3.05, 3.63) is 60.1 Å². The molecular weight excluding hydrogens is 257 g/mol. The molecule has 0 fully saturated rings. The van der Waals surface area contributed by atoms with Crippen molar-refractivity contribution < 1.29 is 13.5 Å². The van der Waals surface area contributed by atoms with Gasteiger partial charge in [-0.1, -0.05) is 18.2 Å². The second kappa shape index (κ2) is 4.27. The number of rotatable bonds is 1. The molecule has 0 aliphatic carbocycles. The molecule has 1 aromatic heterocycles.